The third-order valence-corrected chi connectivity index (χ3v) is 5.35. The van der Waals surface area contributed by atoms with Crippen molar-refractivity contribution in [2.24, 2.45) is 11.7 Å². The highest BCUT2D eigenvalue weighted by molar-refractivity contribution is 7.89. The van der Waals surface area contributed by atoms with Crippen molar-refractivity contribution in [3.05, 3.63) is 18.4 Å². The van der Waals surface area contributed by atoms with E-state index in [2.05, 4.69) is 11.6 Å². The molecule has 2 rings (SSSR count). The van der Waals surface area contributed by atoms with Gasteiger partial charge in [0.2, 0.25) is 5.09 Å². The summed E-state index contributed by atoms with van der Waals surface area (Å²) in [5.41, 5.74) is 5.29. The second kappa shape index (κ2) is 6.26. The second-order valence-electron chi connectivity index (χ2n) is 5.04. The molecule has 0 amide bonds. The zero-order valence-electron chi connectivity index (χ0n) is 11.0. The zero-order chi connectivity index (χ0) is 13.2. The van der Waals surface area contributed by atoms with Crippen LogP contribution in [0.3, 0.4) is 0 Å². The van der Waals surface area contributed by atoms with Crippen molar-refractivity contribution in [3.8, 4) is 0 Å². The summed E-state index contributed by atoms with van der Waals surface area (Å²) in [6.07, 6.45) is 5.27. The molecule has 1 saturated carbocycles. The molecule has 0 radical (unpaired) electrons. The molecule has 1 aromatic rings. The highest BCUT2D eigenvalue weighted by Crippen LogP contribution is 2.34. The number of sulfonamides is 1. The van der Waals surface area contributed by atoms with E-state index in [0.29, 0.717) is 6.54 Å². The first-order valence-corrected chi connectivity index (χ1v) is 7.76. The number of nitrogens with one attached hydrogen (secondary N) is 1. The number of hydrogen-bond acceptors (Lipinski definition) is 4. The van der Waals surface area contributed by atoms with Crippen LogP contribution < -0.4 is 10.5 Å². The predicted molar refractivity (Wildman–Crippen MR) is 75.7 cm³/mol. The topological polar surface area (TPSA) is 85.3 Å². The molecule has 19 heavy (non-hydrogen) atoms. The summed E-state index contributed by atoms with van der Waals surface area (Å²) >= 11 is 0. The largest absolute Gasteiger partial charge is 0.452 e. The van der Waals surface area contributed by atoms with Crippen LogP contribution in [0.5, 0.6) is 0 Å². The van der Waals surface area contributed by atoms with Crippen molar-refractivity contribution in [2.45, 2.75) is 43.2 Å². The molecule has 0 aliphatic heterocycles. The van der Waals surface area contributed by atoms with E-state index in [1.165, 1.54) is 12.3 Å². The molecule has 0 bridgehead atoms. The van der Waals surface area contributed by atoms with Crippen molar-refractivity contribution in [1.29, 1.82) is 0 Å². The Morgan fingerprint density at radius 1 is 1.53 bits per heavy atom. The van der Waals surface area contributed by atoms with Gasteiger partial charge in [-0.1, -0.05) is 19.8 Å². The van der Waals surface area contributed by atoms with Gasteiger partial charge in [-0.05, 0) is 30.9 Å². The Bertz CT molecular complexity index is 489. The van der Waals surface area contributed by atoms with Gasteiger partial charge in [0.1, 0.15) is 0 Å². The molecular formula is C12H21ClN2O3S. The standard InChI is InChI=1S/C12H20N2O3S.ClH/c1-10-5-2-3-7-12(10,9-13)14-18(15,16)11-6-4-8-17-11;/h4,6,8,10,14H,2-3,5,7,9,13H2,1H3;1H. The van der Waals surface area contributed by atoms with E-state index in [0.717, 1.165) is 25.7 Å². The fraction of sp³-hybridized carbons (Fsp3) is 0.667. The average molecular weight is 309 g/mol. The van der Waals surface area contributed by atoms with Crippen molar-refractivity contribution in [2.75, 3.05) is 6.54 Å². The van der Waals surface area contributed by atoms with E-state index < -0.39 is 15.6 Å². The van der Waals surface area contributed by atoms with Crippen LogP contribution in [0.15, 0.2) is 27.9 Å². The molecular weight excluding hydrogens is 288 g/mol. The molecule has 2 atom stereocenters. The normalized spacial score (nSPS) is 27.8. The van der Waals surface area contributed by atoms with E-state index in [1.807, 2.05) is 0 Å². The van der Waals surface area contributed by atoms with Gasteiger partial charge in [0.05, 0.1) is 6.26 Å². The fourth-order valence-corrected chi connectivity index (χ4v) is 4.11. The second-order valence-corrected chi connectivity index (χ2v) is 6.66. The van der Waals surface area contributed by atoms with Gasteiger partial charge in [-0.15, -0.1) is 12.4 Å². The van der Waals surface area contributed by atoms with Crippen LogP contribution in [0.1, 0.15) is 32.6 Å². The van der Waals surface area contributed by atoms with E-state index in [-0.39, 0.29) is 23.4 Å². The summed E-state index contributed by atoms with van der Waals surface area (Å²) in [5, 5.41) is -0.0481. The van der Waals surface area contributed by atoms with Gasteiger partial charge in [-0.3, -0.25) is 0 Å². The maximum Gasteiger partial charge on any atom is 0.274 e. The minimum atomic E-state index is -3.62. The van der Waals surface area contributed by atoms with Crippen molar-refractivity contribution in [1.82, 2.24) is 4.72 Å². The summed E-state index contributed by atoms with van der Waals surface area (Å²) in [6, 6.07) is 3.01. The number of nitrogens with two attached hydrogens (primary N) is 1. The number of rotatable bonds is 4. The number of hydrogen-bond donors (Lipinski definition) is 2. The Morgan fingerprint density at radius 2 is 2.26 bits per heavy atom. The lowest BCUT2D eigenvalue weighted by Crippen LogP contribution is -2.58. The van der Waals surface area contributed by atoms with Gasteiger partial charge in [0.15, 0.2) is 0 Å². The van der Waals surface area contributed by atoms with Crippen LogP contribution in [0.25, 0.3) is 0 Å². The fourth-order valence-electron chi connectivity index (χ4n) is 2.64. The lowest BCUT2D eigenvalue weighted by molar-refractivity contribution is 0.190. The highest BCUT2D eigenvalue weighted by Gasteiger charge is 2.41. The summed E-state index contributed by atoms with van der Waals surface area (Å²) in [7, 11) is -3.62. The first kappa shape index (κ1) is 16.5. The third-order valence-electron chi connectivity index (χ3n) is 3.92. The quantitative estimate of drug-likeness (QED) is 0.889. The molecule has 1 aromatic heterocycles. The van der Waals surface area contributed by atoms with Crippen molar-refractivity contribution < 1.29 is 12.8 Å². The lowest BCUT2D eigenvalue weighted by atomic mass is 9.74. The van der Waals surface area contributed by atoms with Gasteiger partial charge >= 0.3 is 0 Å². The Kier molecular flexibility index (Phi) is 5.43. The Balaban J connectivity index is 0.00000180. The van der Waals surface area contributed by atoms with E-state index in [4.69, 9.17) is 10.2 Å². The van der Waals surface area contributed by atoms with Crippen LogP contribution >= 0.6 is 12.4 Å². The molecule has 1 fully saturated rings. The van der Waals surface area contributed by atoms with Crippen molar-refractivity contribution >= 4 is 22.4 Å². The number of halogens is 1. The molecule has 0 saturated heterocycles. The van der Waals surface area contributed by atoms with Crippen LogP contribution in [0, 0.1) is 5.92 Å². The smallest absolute Gasteiger partial charge is 0.274 e. The van der Waals surface area contributed by atoms with E-state index in [1.54, 1.807) is 6.07 Å². The molecule has 110 valence electrons. The van der Waals surface area contributed by atoms with E-state index in [9.17, 15) is 8.42 Å². The van der Waals surface area contributed by atoms with Gasteiger partial charge in [-0.2, -0.15) is 0 Å². The minimum absolute atomic E-state index is 0. The SMILES string of the molecule is CC1CCCCC1(CN)NS(=O)(=O)c1ccco1.Cl. The summed E-state index contributed by atoms with van der Waals surface area (Å²) in [6.45, 7) is 2.37. The lowest BCUT2D eigenvalue weighted by Gasteiger charge is -2.41. The molecule has 3 N–H and O–H groups in total. The van der Waals surface area contributed by atoms with Crippen LogP contribution in [-0.2, 0) is 10.0 Å². The van der Waals surface area contributed by atoms with Gasteiger partial charge in [0, 0.05) is 12.1 Å². The Labute approximate surface area is 120 Å². The van der Waals surface area contributed by atoms with E-state index >= 15 is 0 Å². The molecule has 1 aliphatic rings. The molecule has 2 unspecified atom stereocenters. The predicted octanol–water partition coefficient (Wildman–Crippen LogP) is 1.89. The monoisotopic (exact) mass is 308 g/mol. The number of furan rings is 1. The molecule has 1 aliphatic carbocycles. The summed E-state index contributed by atoms with van der Waals surface area (Å²) in [5.74, 6) is 0.237. The maximum atomic E-state index is 12.2. The first-order valence-electron chi connectivity index (χ1n) is 6.28. The van der Waals surface area contributed by atoms with Crippen LogP contribution in [0.4, 0.5) is 0 Å². The average Bonchev–Trinajstić information content (AvgIpc) is 2.86. The first-order chi connectivity index (χ1) is 8.50. The van der Waals surface area contributed by atoms with Crippen molar-refractivity contribution in [3.63, 3.8) is 0 Å². The summed E-state index contributed by atoms with van der Waals surface area (Å²) in [4.78, 5) is 0. The molecule has 7 heteroatoms. The Hall–Kier alpha value is -0.560. The maximum absolute atomic E-state index is 12.2. The van der Waals surface area contributed by atoms with Gasteiger partial charge in [0.25, 0.3) is 10.0 Å². The minimum Gasteiger partial charge on any atom is -0.452 e. The van der Waals surface area contributed by atoms with Gasteiger partial charge < -0.3 is 10.2 Å². The van der Waals surface area contributed by atoms with Gasteiger partial charge in [-0.25, -0.2) is 13.1 Å². The van der Waals surface area contributed by atoms with Crippen LogP contribution in [0.2, 0.25) is 0 Å². The summed E-state index contributed by atoms with van der Waals surface area (Å²) < 4.78 is 32.2. The molecule has 0 aromatic carbocycles. The Morgan fingerprint density at radius 3 is 2.79 bits per heavy atom. The highest BCUT2D eigenvalue weighted by atomic mass is 35.5. The molecule has 0 spiro atoms. The molecule has 5 nitrogen and oxygen atoms in total. The third kappa shape index (κ3) is 3.31. The zero-order valence-corrected chi connectivity index (χ0v) is 12.6. The molecule has 1 heterocycles. The van der Waals surface area contributed by atoms with Crippen LogP contribution in [-0.4, -0.2) is 20.5 Å².